The Hall–Kier alpha value is -3.21. The third-order valence-corrected chi connectivity index (χ3v) is 5.08. The monoisotopic (exact) mass is 437 g/mol. The summed E-state index contributed by atoms with van der Waals surface area (Å²) < 4.78 is 32.1. The normalized spacial score (nSPS) is 18.9. The first-order valence-corrected chi connectivity index (χ1v) is 9.47. The Balaban J connectivity index is 1.61. The van der Waals surface area contributed by atoms with E-state index >= 15 is 0 Å². The lowest BCUT2D eigenvalue weighted by Crippen LogP contribution is -2.33. The smallest absolute Gasteiger partial charge is 0.333 e. The van der Waals surface area contributed by atoms with Gasteiger partial charge in [-0.25, -0.2) is 4.68 Å². The largest absolute Gasteiger partial charge is 0.472 e. The lowest BCUT2D eigenvalue weighted by Gasteiger charge is -2.19. The molecule has 1 amide bonds. The van der Waals surface area contributed by atoms with E-state index in [0.29, 0.717) is 33.7 Å². The van der Waals surface area contributed by atoms with Crippen molar-refractivity contribution in [2.75, 3.05) is 11.9 Å². The predicted molar refractivity (Wildman–Crippen MR) is 106 cm³/mol. The van der Waals surface area contributed by atoms with Gasteiger partial charge in [-0.2, -0.15) is 23.8 Å². The molecule has 1 aliphatic heterocycles. The van der Waals surface area contributed by atoms with Crippen LogP contribution in [-0.2, 0) is 4.79 Å². The molecule has 4 heterocycles. The number of aromatic nitrogens is 5. The number of anilines is 2. The van der Waals surface area contributed by atoms with Crippen LogP contribution in [0.5, 0.6) is 5.88 Å². The highest BCUT2D eigenvalue weighted by Gasteiger charge is 2.33. The van der Waals surface area contributed by atoms with Gasteiger partial charge < -0.3 is 19.9 Å². The molecular formula is C18H18ClF2N7O2. The molecule has 1 fully saturated rings. The van der Waals surface area contributed by atoms with E-state index in [-0.39, 0.29) is 35.6 Å². The van der Waals surface area contributed by atoms with E-state index in [2.05, 4.69) is 31.9 Å². The van der Waals surface area contributed by atoms with E-state index in [4.69, 9.17) is 16.3 Å². The minimum Gasteiger partial charge on any atom is -0.472 e. The summed E-state index contributed by atoms with van der Waals surface area (Å²) in [6.07, 6.45) is 5.50. The molecule has 30 heavy (non-hydrogen) atoms. The van der Waals surface area contributed by atoms with Crippen molar-refractivity contribution in [2.45, 2.75) is 32.0 Å². The summed E-state index contributed by atoms with van der Waals surface area (Å²) in [4.78, 5) is 25.3. The second kappa shape index (κ2) is 7.90. The second-order valence-electron chi connectivity index (χ2n) is 6.84. The summed E-state index contributed by atoms with van der Waals surface area (Å²) in [5, 5.41) is 7.27. The predicted octanol–water partition coefficient (Wildman–Crippen LogP) is 3.50. The van der Waals surface area contributed by atoms with E-state index in [9.17, 15) is 13.6 Å². The standard InChI is InChI=1S/C18H18ClF2N7O2/c1-3-13(29)27-8-11(4-9(27)2)30-16-14-12(19)6-22-15(14)25-18(26-16)24-10-5-23-28(7-10)17(20)21/h3,5-7,9,11,17H,1,4,8H2,2H3,(H2,22,24,25,26). The molecule has 0 saturated carbocycles. The van der Waals surface area contributed by atoms with Crippen molar-refractivity contribution >= 4 is 40.2 Å². The number of H-pyrrole nitrogens is 1. The quantitative estimate of drug-likeness (QED) is 0.572. The minimum atomic E-state index is -2.75. The average Bonchev–Trinajstić information content (AvgIpc) is 3.41. The number of aromatic amines is 1. The highest BCUT2D eigenvalue weighted by Crippen LogP contribution is 2.33. The maximum Gasteiger partial charge on any atom is 0.333 e. The number of amides is 1. The topological polar surface area (TPSA) is 101 Å². The number of halogens is 3. The number of likely N-dealkylation sites (tertiary alicyclic amines) is 1. The van der Waals surface area contributed by atoms with Crippen molar-refractivity contribution in [3.63, 3.8) is 0 Å². The van der Waals surface area contributed by atoms with Crippen LogP contribution < -0.4 is 10.1 Å². The fourth-order valence-corrected chi connectivity index (χ4v) is 3.62. The fourth-order valence-electron chi connectivity index (χ4n) is 3.39. The van der Waals surface area contributed by atoms with Gasteiger partial charge in [-0.15, -0.1) is 0 Å². The lowest BCUT2D eigenvalue weighted by atomic mass is 10.2. The molecule has 0 aromatic carbocycles. The Morgan fingerprint density at radius 3 is 3.00 bits per heavy atom. The molecular weight excluding hydrogens is 420 g/mol. The van der Waals surface area contributed by atoms with Crippen LogP contribution in [0.4, 0.5) is 20.4 Å². The first-order chi connectivity index (χ1) is 14.4. The van der Waals surface area contributed by atoms with E-state index in [0.717, 1.165) is 6.20 Å². The Bertz CT molecular complexity index is 1100. The van der Waals surface area contributed by atoms with Crippen LogP contribution in [-0.4, -0.2) is 54.2 Å². The van der Waals surface area contributed by atoms with Gasteiger partial charge in [0.25, 0.3) is 0 Å². The zero-order valence-corrected chi connectivity index (χ0v) is 16.6. The molecule has 2 unspecified atom stereocenters. The lowest BCUT2D eigenvalue weighted by molar-refractivity contribution is -0.126. The molecule has 4 rings (SSSR count). The molecule has 12 heteroatoms. The van der Waals surface area contributed by atoms with Crippen molar-refractivity contribution < 1.29 is 18.3 Å². The minimum absolute atomic E-state index is 0.0164. The molecule has 0 radical (unpaired) electrons. The first kappa shape index (κ1) is 20.1. The molecule has 0 aliphatic carbocycles. The van der Waals surface area contributed by atoms with Gasteiger partial charge in [0.1, 0.15) is 11.8 Å². The summed E-state index contributed by atoms with van der Waals surface area (Å²) in [5.41, 5.74) is 0.703. The van der Waals surface area contributed by atoms with Gasteiger partial charge in [-0.05, 0) is 13.0 Å². The molecule has 0 spiro atoms. The molecule has 9 nitrogen and oxygen atoms in total. The number of hydrogen-bond donors (Lipinski definition) is 2. The van der Waals surface area contributed by atoms with Gasteiger partial charge in [-0.1, -0.05) is 18.2 Å². The number of ether oxygens (including phenoxy) is 1. The van der Waals surface area contributed by atoms with E-state index < -0.39 is 6.55 Å². The van der Waals surface area contributed by atoms with Gasteiger partial charge in [0, 0.05) is 18.7 Å². The number of alkyl halides is 2. The van der Waals surface area contributed by atoms with E-state index in [1.54, 1.807) is 11.1 Å². The third kappa shape index (κ3) is 3.80. The Kier molecular flexibility index (Phi) is 5.29. The number of rotatable bonds is 6. The molecule has 158 valence electrons. The summed E-state index contributed by atoms with van der Waals surface area (Å²) in [5.74, 6) is 0.175. The summed E-state index contributed by atoms with van der Waals surface area (Å²) in [7, 11) is 0. The van der Waals surface area contributed by atoms with Crippen LogP contribution in [0.2, 0.25) is 5.02 Å². The number of hydrogen-bond acceptors (Lipinski definition) is 6. The number of carbonyl (C=O) groups excluding carboxylic acids is 1. The molecule has 1 saturated heterocycles. The third-order valence-electron chi connectivity index (χ3n) is 4.78. The molecule has 0 bridgehead atoms. The Morgan fingerprint density at radius 2 is 2.30 bits per heavy atom. The van der Waals surface area contributed by atoms with Crippen molar-refractivity contribution in [1.82, 2.24) is 29.6 Å². The van der Waals surface area contributed by atoms with Gasteiger partial charge in [0.15, 0.2) is 0 Å². The molecule has 3 aromatic rings. The van der Waals surface area contributed by atoms with E-state index in [1.807, 2.05) is 6.92 Å². The van der Waals surface area contributed by atoms with Crippen LogP contribution in [0.3, 0.4) is 0 Å². The summed E-state index contributed by atoms with van der Waals surface area (Å²) in [6, 6.07) is -0.0164. The average molecular weight is 438 g/mol. The van der Waals surface area contributed by atoms with Crippen molar-refractivity contribution in [3.05, 3.63) is 36.3 Å². The highest BCUT2D eigenvalue weighted by molar-refractivity contribution is 6.35. The number of carbonyl (C=O) groups is 1. The second-order valence-corrected chi connectivity index (χ2v) is 7.25. The summed E-state index contributed by atoms with van der Waals surface area (Å²) in [6.45, 7) is 3.07. The van der Waals surface area contributed by atoms with Crippen molar-refractivity contribution in [2.24, 2.45) is 0 Å². The molecule has 2 N–H and O–H groups in total. The maximum atomic E-state index is 12.7. The van der Waals surface area contributed by atoms with Crippen molar-refractivity contribution in [1.29, 1.82) is 0 Å². The number of nitrogens with zero attached hydrogens (tertiary/aromatic N) is 5. The summed E-state index contributed by atoms with van der Waals surface area (Å²) >= 11 is 6.26. The number of fused-ring (bicyclic) bond motifs is 1. The zero-order chi connectivity index (χ0) is 21.4. The van der Waals surface area contributed by atoms with Crippen LogP contribution in [0, 0.1) is 0 Å². The van der Waals surface area contributed by atoms with Gasteiger partial charge >= 0.3 is 6.55 Å². The van der Waals surface area contributed by atoms with Crippen LogP contribution >= 0.6 is 11.6 Å². The van der Waals surface area contributed by atoms with Gasteiger partial charge in [-0.3, -0.25) is 4.79 Å². The Labute approximate surface area is 174 Å². The molecule has 1 aliphatic rings. The van der Waals surface area contributed by atoms with Crippen LogP contribution in [0.15, 0.2) is 31.2 Å². The SMILES string of the molecule is C=CC(=O)N1CC(Oc2nc(Nc3cnn(C(F)F)c3)nc3[nH]cc(Cl)c23)CC1C. The van der Waals surface area contributed by atoms with Crippen LogP contribution in [0.25, 0.3) is 11.0 Å². The molecule has 2 atom stereocenters. The Morgan fingerprint density at radius 1 is 1.50 bits per heavy atom. The first-order valence-electron chi connectivity index (χ1n) is 9.09. The van der Waals surface area contributed by atoms with Crippen LogP contribution in [0.1, 0.15) is 19.9 Å². The highest BCUT2D eigenvalue weighted by atomic mass is 35.5. The van der Waals surface area contributed by atoms with Gasteiger partial charge in [0.05, 0.1) is 35.0 Å². The zero-order valence-electron chi connectivity index (χ0n) is 15.8. The maximum absolute atomic E-state index is 12.7. The fraction of sp³-hybridized carbons (Fsp3) is 0.333. The van der Waals surface area contributed by atoms with Gasteiger partial charge in [0.2, 0.25) is 17.7 Å². The van der Waals surface area contributed by atoms with E-state index in [1.165, 1.54) is 12.3 Å². The van der Waals surface area contributed by atoms with Crippen molar-refractivity contribution in [3.8, 4) is 5.88 Å². The number of nitrogens with one attached hydrogen (secondary N) is 2. The molecule has 3 aromatic heterocycles.